The Bertz CT molecular complexity index is 1470. The zero-order valence-electron chi connectivity index (χ0n) is 20.8. The number of hydrogen-bond donors (Lipinski definition) is 0. The van der Waals surface area contributed by atoms with Crippen LogP contribution in [0.5, 0.6) is 17.5 Å². The fraction of sp³-hybridized carbons (Fsp3) is 0.0909. The molecular formula is C33H27NO4. The molecule has 0 amide bonds. The summed E-state index contributed by atoms with van der Waals surface area (Å²) < 4.78 is 18.1. The molecule has 0 N–H and O–H groups in total. The summed E-state index contributed by atoms with van der Waals surface area (Å²) in [6, 6.07) is 38.9. The summed E-state index contributed by atoms with van der Waals surface area (Å²) in [4.78, 5) is 16.6. The van der Waals surface area contributed by atoms with Crippen molar-refractivity contribution in [2.45, 2.75) is 19.8 Å². The van der Waals surface area contributed by atoms with Gasteiger partial charge in [-0.1, -0.05) is 97.1 Å². The van der Waals surface area contributed by atoms with E-state index < -0.39 is 0 Å². The largest absolute Gasteiger partial charge is 0.488 e. The van der Waals surface area contributed by atoms with Crippen molar-refractivity contribution < 1.29 is 19.0 Å². The summed E-state index contributed by atoms with van der Waals surface area (Å²) in [6.45, 7) is 1.12. The lowest BCUT2D eigenvalue weighted by atomic mass is 10.0. The second-order valence-corrected chi connectivity index (χ2v) is 8.70. The number of aromatic nitrogens is 1. The highest BCUT2D eigenvalue weighted by molar-refractivity contribution is 5.83. The van der Waals surface area contributed by atoms with Gasteiger partial charge in [0.25, 0.3) is 0 Å². The summed E-state index contributed by atoms with van der Waals surface area (Å²) in [5.41, 5.74) is 5.10. The first-order chi connectivity index (χ1) is 18.8. The van der Waals surface area contributed by atoms with Gasteiger partial charge >= 0.3 is 0 Å². The van der Waals surface area contributed by atoms with Gasteiger partial charge in [0.2, 0.25) is 11.8 Å². The Morgan fingerprint density at radius 2 is 1.13 bits per heavy atom. The molecule has 0 radical (unpaired) electrons. The van der Waals surface area contributed by atoms with Crippen LogP contribution in [-0.4, -0.2) is 11.3 Å². The molecule has 0 unspecified atom stereocenters. The molecule has 0 bridgehead atoms. The maximum absolute atomic E-state index is 11.9. The molecule has 0 aliphatic heterocycles. The second-order valence-electron chi connectivity index (χ2n) is 8.70. The van der Waals surface area contributed by atoms with Gasteiger partial charge in [-0.15, -0.1) is 0 Å². The van der Waals surface area contributed by atoms with Gasteiger partial charge in [0.15, 0.2) is 6.29 Å². The average Bonchev–Trinajstić information content (AvgIpc) is 2.99. The van der Waals surface area contributed by atoms with Crippen molar-refractivity contribution in [2.24, 2.45) is 0 Å². The maximum atomic E-state index is 11.9. The van der Waals surface area contributed by atoms with Crippen LogP contribution < -0.4 is 14.2 Å². The topological polar surface area (TPSA) is 57.7 Å². The highest BCUT2D eigenvalue weighted by atomic mass is 16.5. The third kappa shape index (κ3) is 6.45. The number of rotatable bonds is 11. The number of hydrogen-bond acceptors (Lipinski definition) is 5. The van der Waals surface area contributed by atoms with Crippen molar-refractivity contribution in [2.75, 3.05) is 0 Å². The smallest absolute Gasteiger partial charge is 0.225 e. The highest BCUT2D eigenvalue weighted by Gasteiger charge is 2.14. The fourth-order valence-corrected chi connectivity index (χ4v) is 3.97. The summed E-state index contributed by atoms with van der Waals surface area (Å²) in [7, 11) is 0. The molecule has 0 aliphatic rings. The Morgan fingerprint density at radius 1 is 0.579 bits per heavy atom. The van der Waals surface area contributed by atoms with Crippen LogP contribution in [0.3, 0.4) is 0 Å². The molecule has 38 heavy (non-hydrogen) atoms. The minimum absolute atomic E-state index is 0.349. The molecule has 4 aromatic carbocycles. The van der Waals surface area contributed by atoms with E-state index in [1.54, 1.807) is 6.07 Å². The number of aldehydes is 1. The molecule has 0 aliphatic carbocycles. The number of carbonyl (C=O) groups excluding carboxylic acids is 1. The molecule has 0 saturated carbocycles. The first kappa shape index (κ1) is 24.8. The molecule has 0 atom stereocenters. The highest BCUT2D eigenvalue weighted by Crippen LogP contribution is 2.34. The van der Waals surface area contributed by atoms with Crippen LogP contribution in [-0.2, 0) is 19.8 Å². The first-order valence-electron chi connectivity index (χ1n) is 12.4. The standard InChI is InChI=1S/C33H27NO4/c35-21-29-20-28(16-18-31(29)36-22-25-10-4-1-5-11-25)30-17-19-32(37-23-26-12-6-2-7-13-26)34-33(30)38-24-27-14-8-3-9-15-27/h1-21H,22-24H2. The molecule has 1 aromatic heterocycles. The summed E-state index contributed by atoms with van der Waals surface area (Å²) in [5, 5.41) is 0. The lowest BCUT2D eigenvalue weighted by Gasteiger charge is -2.15. The van der Waals surface area contributed by atoms with Crippen LogP contribution >= 0.6 is 0 Å². The quantitative estimate of drug-likeness (QED) is 0.178. The van der Waals surface area contributed by atoms with Gasteiger partial charge in [0, 0.05) is 11.6 Å². The van der Waals surface area contributed by atoms with Crippen LogP contribution in [0.15, 0.2) is 121 Å². The van der Waals surface area contributed by atoms with E-state index in [0.29, 0.717) is 42.9 Å². The van der Waals surface area contributed by atoms with Gasteiger partial charge in [-0.05, 0) is 40.5 Å². The summed E-state index contributed by atoms with van der Waals surface area (Å²) in [5.74, 6) is 1.41. The second kappa shape index (κ2) is 12.4. The van der Waals surface area contributed by atoms with Crippen LogP contribution in [0.25, 0.3) is 11.1 Å². The molecular weight excluding hydrogens is 474 g/mol. The Morgan fingerprint density at radius 3 is 1.71 bits per heavy atom. The van der Waals surface area contributed by atoms with E-state index >= 15 is 0 Å². The Kier molecular flexibility index (Phi) is 8.07. The Hall–Kier alpha value is -4.90. The molecule has 188 valence electrons. The van der Waals surface area contributed by atoms with Gasteiger partial charge in [-0.25, -0.2) is 0 Å². The van der Waals surface area contributed by atoms with Gasteiger partial charge in [-0.3, -0.25) is 4.79 Å². The van der Waals surface area contributed by atoms with Crippen molar-refractivity contribution in [1.29, 1.82) is 0 Å². The Labute approximate surface area is 222 Å². The van der Waals surface area contributed by atoms with E-state index in [-0.39, 0.29) is 0 Å². The minimum atomic E-state index is 0.349. The van der Waals surface area contributed by atoms with Crippen molar-refractivity contribution in [3.63, 3.8) is 0 Å². The number of carbonyl (C=O) groups is 1. The van der Waals surface area contributed by atoms with E-state index in [0.717, 1.165) is 34.1 Å². The molecule has 5 rings (SSSR count). The molecule has 0 saturated heterocycles. The molecule has 5 nitrogen and oxygen atoms in total. The number of nitrogens with zero attached hydrogens (tertiary/aromatic N) is 1. The zero-order chi connectivity index (χ0) is 26.0. The van der Waals surface area contributed by atoms with Crippen molar-refractivity contribution >= 4 is 6.29 Å². The average molecular weight is 502 g/mol. The van der Waals surface area contributed by atoms with E-state index in [9.17, 15) is 4.79 Å². The predicted molar refractivity (Wildman–Crippen MR) is 147 cm³/mol. The SMILES string of the molecule is O=Cc1cc(-c2ccc(OCc3ccccc3)nc2OCc2ccccc2)ccc1OCc1ccccc1. The van der Waals surface area contributed by atoms with Crippen molar-refractivity contribution in [1.82, 2.24) is 4.98 Å². The molecule has 5 heteroatoms. The van der Waals surface area contributed by atoms with E-state index in [1.807, 2.05) is 115 Å². The number of pyridine rings is 1. The summed E-state index contributed by atoms with van der Waals surface area (Å²) >= 11 is 0. The van der Waals surface area contributed by atoms with E-state index in [1.165, 1.54) is 0 Å². The lowest BCUT2D eigenvalue weighted by molar-refractivity contribution is 0.111. The van der Waals surface area contributed by atoms with Crippen LogP contribution in [0.4, 0.5) is 0 Å². The monoisotopic (exact) mass is 501 g/mol. The van der Waals surface area contributed by atoms with E-state index in [4.69, 9.17) is 14.2 Å². The van der Waals surface area contributed by atoms with Gasteiger partial charge in [-0.2, -0.15) is 4.98 Å². The van der Waals surface area contributed by atoms with Gasteiger partial charge in [0.05, 0.1) is 5.56 Å². The third-order valence-corrected chi connectivity index (χ3v) is 5.97. The Balaban J connectivity index is 1.40. The van der Waals surface area contributed by atoms with Gasteiger partial charge in [0.1, 0.15) is 25.6 Å². The number of ether oxygens (including phenoxy) is 3. The van der Waals surface area contributed by atoms with Crippen LogP contribution in [0.1, 0.15) is 27.0 Å². The van der Waals surface area contributed by atoms with Crippen molar-refractivity contribution in [3.8, 4) is 28.6 Å². The third-order valence-electron chi connectivity index (χ3n) is 5.97. The lowest BCUT2D eigenvalue weighted by Crippen LogP contribution is -2.03. The predicted octanol–water partition coefficient (Wildman–Crippen LogP) is 7.30. The normalized spacial score (nSPS) is 10.5. The first-order valence-corrected chi connectivity index (χ1v) is 12.4. The minimum Gasteiger partial charge on any atom is -0.488 e. The van der Waals surface area contributed by atoms with Crippen molar-refractivity contribution in [3.05, 3.63) is 144 Å². The molecule has 1 heterocycles. The summed E-state index contributed by atoms with van der Waals surface area (Å²) in [6.07, 6.45) is 0.805. The molecule has 0 spiro atoms. The number of benzene rings is 4. The van der Waals surface area contributed by atoms with Gasteiger partial charge < -0.3 is 14.2 Å². The van der Waals surface area contributed by atoms with Crippen LogP contribution in [0, 0.1) is 0 Å². The molecule has 0 fully saturated rings. The molecule has 5 aromatic rings. The zero-order valence-corrected chi connectivity index (χ0v) is 20.8. The van der Waals surface area contributed by atoms with Crippen LogP contribution in [0.2, 0.25) is 0 Å². The fourth-order valence-electron chi connectivity index (χ4n) is 3.97. The maximum Gasteiger partial charge on any atom is 0.225 e. The van der Waals surface area contributed by atoms with E-state index in [2.05, 4.69) is 4.98 Å².